The van der Waals surface area contributed by atoms with Crippen molar-refractivity contribution in [3.8, 4) is 11.5 Å². The van der Waals surface area contributed by atoms with Crippen molar-refractivity contribution < 1.29 is 18.7 Å². The number of amides is 1. The Morgan fingerprint density at radius 3 is 2.36 bits per heavy atom. The van der Waals surface area contributed by atoms with Crippen molar-refractivity contribution in [2.75, 3.05) is 20.8 Å². The van der Waals surface area contributed by atoms with Crippen LogP contribution >= 0.6 is 11.6 Å². The molecular formula is C29H26ClNO5. The summed E-state index contributed by atoms with van der Waals surface area (Å²) in [6.07, 6.45) is 0.552. The monoisotopic (exact) mass is 503 g/mol. The molecule has 6 nitrogen and oxygen atoms in total. The summed E-state index contributed by atoms with van der Waals surface area (Å²) >= 11 is 6.14. The Morgan fingerprint density at radius 2 is 1.67 bits per heavy atom. The topological polar surface area (TPSA) is 69.0 Å². The molecule has 0 fully saturated rings. The van der Waals surface area contributed by atoms with Crippen LogP contribution in [0.2, 0.25) is 5.02 Å². The fourth-order valence-corrected chi connectivity index (χ4v) is 5.11. The third-order valence-corrected chi connectivity index (χ3v) is 6.92. The largest absolute Gasteiger partial charge is 0.493 e. The van der Waals surface area contributed by atoms with Gasteiger partial charge in [0.2, 0.25) is 5.76 Å². The van der Waals surface area contributed by atoms with E-state index in [9.17, 15) is 9.59 Å². The number of aryl methyl sites for hydroxylation is 2. The Hall–Kier alpha value is -3.77. The molecule has 0 saturated carbocycles. The van der Waals surface area contributed by atoms with Crippen molar-refractivity contribution in [1.82, 2.24) is 4.90 Å². The van der Waals surface area contributed by atoms with E-state index < -0.39 is 6.04 Å². The van der Waals surface area contributed by atoms with Gasteiger partial charge in [-0.2, -0.15) is 0 Å². The van der Waals surface area contributed by atoms with Crippen LogP contribution in [0.5, 0.6) is 11.5 Å². The van der Waals surface area contributed by atoms with Gasteiger partial charge in [-0.05, 0) is 72.9 Å². The van der Waals surface area contributed by atoms with Gasteiger partial charge in [-0.3, -0.25) is 9.59 Å². The number of carbonyl (C=O) groups excluding carboxylic acids is 1. The van der Waals surface area contributed by atoms with E-state index in [1.165, 1.54) is 0 Å². The molecule has 1 aromatic heterocycles. The van der Waals surface area contributed by atoms with Gasteiger partial charge in [0.15, 0.2) is 16.9 Å². The second kappa shape index (κ2) is 9.36. The predicted molar refractivity (Wildman–Crippen MR) is 140 cm³/mol. The molecule has 0 aliphatic carbocycles. The molecule has 36 heavy (non-hydrogen) atoms. The van der Waals surface area contributed by atoms with Gasteiger partial charge >= 0.3 is 0 Å². The van der Waals surface area contributed by atoms with Crippen LogP contribution < -0.4 is 14.9 Å². The molecule has 0 saturated heterocycles. The Bertz CT molecular complexity index is 1540. The highest BCUT2D eigenvalue weighted by atomic mass is 35.5. The molecule has 1 atom stereocenters. The van der Waals surface area contributed by atoms with E-state index in [1.807, 2.05) is 56.3 Å². The third-order valence-electron chi connectivity index (χ3n) is 6.67. The molecule has 1 unspecified atom stereocenters. The lowest BCUT2D eigenvalue weighted by molar-refractivity contribution is 0.0730. The van der Waals surface area contributed by atoms with Crippen LogP contribution in [0.4, 0.5) is 0 Å². The van der Waals surface area contributed by atoms with Crippen LogP contribution in [0.1, 0.15) is 44.4 Å². The predicted octanol–water partition coefficient (Wildman–Crippen LogP) is 5.87. The Morgan fingerprint density at radius 1 is 0.944 bits per heavy atom. The van der Waals surface area contributed by atoms with Crippen LogP contribution in [-0.4, -0.2) is 31.6 Å². The summed E-state index contributed by atoms with van der Waals surface area (Å²) in [4.78, 5) is 29.2. The van der Waals surface area contributed by atoms with Gasteiger partial charge in [0.05, 0.1) is 31.2 Å². The smallest absolute Gasteiger partial charge is 0.290 e. The van der Waals surface area contributed by atoms with Crippen LogP contribution in [0, 0.1) is 13.8 Å². The summed E-state index contributed by atoms with van der Waals surface area (Å²) < 4.78 is 16.9. The molecule has 0 radical (unpaired) electrons. The van der Waals surface area contributed by atoms with E-state index in [-0.39, 0.29) is 17.1 Å². The molecule has 4 aromatic rings. The molecule has 1 aliphatic rings. The number of hydrogen-bond donors (Lipinski definition) is 0. The molecule has 7 heteroatoms. The molecule has 3 aromatic carbocycles. The number of nitrogens with zero attached hydrogens (tertiary/aromatic N) is 1. The minimum absolute atomic E-state index is 0.103. The number of ether oxygens (including phenoxy) is 2. The first kappa shape index (κ1) is 23.9. The van der Waals surface area contributed by atoms with Crippen LogP contribution in [0.25, 0.3) is 11.0 Å². The molecule has 0 N–H and O–H groups in total. The average molecular weight is 504 g/mol. The second-order valence-corrected chi connectivity index (χ2v) is 9.46. The van der Waals surface area contributed by atoms with Gasteiger partial charge in [0.1, 0.15) is 5.58 Å². The van der Waals surface area contributed by atoms with Crippen molar-refractivity contribution in [1.29, 1.82) is 0 Å². The number of methoxy groups -OCH3 is 2. The fourth-order valence-electron chi connectivity index (χ4n) is 4.98. The molecule has 0 spiro atoms. The highest BCUT2D eigenvalue weighted by molar-refractivity contribution is 6.30. The average Bonchev–Trinajstić information content (AvgIpc) is 3.15. The molecule has 184 valence electrons. The van der Waals surface area contributed by atoms with E-state index in [0.717, 1.165) is 22.3 Å². The number of hydrogen-bond acceptors (Lipinski definition) is 5. The van der Waals surface area contributed by atoms with Crippen molar-refractivity contribution in [3.05, 3.63) is 103 Å². The van der Waals surface area contributed by atoms with Crippen molar-refractivity contribution >= 4 is 28.5 Å². The fraction of sp³-hybridized carbons (Fsp3) is 0.241. The first-order valence-corrected chi connectivity index (χ1v) is 12.1. The second-order valence-electron chi connectivity index (χ2n) is 9.02. The Labute approximate surface area is 214 Å². The highest BCUT2D eigenvalue weighted by Gasteiger charge is 2.42. The summed E-state index contributed by atoms with van der Waals surface area (Å²) in [7, 11) is 3.18. The number of fused-ring (bicyclic) bond motifs is 2. The van der Waals surface area contributed by atoms with Crippen molar-refractivity contribution in [3.63, 3.8) is 0 Å². The zero-order chi connectivity index (χ0) is 25.6. The quantitative estimate of drug-likeness (QED) is 0.329. The van der Waals surface area contributed by atoms with Gasteiger partial charge in [-0.25, -0.2) is 0 Å². The summed E-state index contributed by atoms with van der Waals surface area (Å²) in [6, 6.07) is 16.1. The summed E-state index contributed by atoms with van der Waals surface area (Å²) in [5.41, 5.74) is 4.20. The Balaban J connectivity index is 1.61. The van der Waals surface area contributed by atoms with Crippen LogP contribution in [-0.2, 0) is 6.42 Å². The minimum atomic E-state index is -0.577. The van der Waals surface area contributed by atoms with E-state index in [1.54, 1.807) is 31.3 Å². The zero-order valence-corrected chi connectivity index (χ0v) is 21.3. The van der Waals surface area contributed by atoms with Crippen molar-refractivity contribution in [2.45, 2.75) is 26.3 Å². The van der Waals surface area contributed by atoms with Gasteiger partial charge in [-0.1, -0.05) is 35.9 Å². The number of halogens is 1. The van der Waals surface area contributed by atoms with Gasteiger partial charge in [-0.15, -0.1) is 0 Å². The summed E-state index contributed by atoms with van der Waals surface area (Å²) in [5.74, 6) is 1.06. The van der Waals surface area contributed by atoms with Gasteiger partial charge in [0, 0.05) is 11.6 Å². The normalized spacial score (nSPS) is 14.9. The molecule has 0 bridgehead atoms. The van der Waals surface area contributed by atoms with Gasteiger partial charge < -0.3 is 18.8 Å². The third kappa shape index (κ3) is 4.01. The van der Waals surface area contributed by atoms with Crippen LogP contribution in [0.3, 0.4) is 0 Å². The lowest BCUT2D eigenvalue weighted by Crippen LogP contribution is -2.31. The first-order valence-electron chi connectivity index (χ1n) is 11.7. The SMILES string of the molecule is COc1ccc(CCN2C(=O)c3oc4c(C)cc(C)cc4c(=O)c3C2c2ccc(Cl)cc2)cc1OC. The maximum atomic E-state index is 13.8. The van der Waals surface area contributed by atoms with E-state index in [4.69, 9.17) is 25.5 Å². The molecule has 1 amide bonds. The van der Waals surface area contributed by atoms with Crippen LogP contribution in [0.15, 0.2) is 63.8 Å². The minimum Gasteiger partial charge on any atom is -0.493 e. The standard InChI is InChI=1S/C29H26ClNO5/c1-16-13-17(2)27-21(14-16)26(32)24-25(19-6-8-20(30)9-7-19)31(29(33)28(24)36-27)12-11-18-5-10-22(34-3)23(15-18)35-4/h5-10,13-15,25H,11-12H2,1-4H3. The van der Waals surface area contributed by atoms with E-state index in [2.05, 4.69) is 0 Å². The Kier molecular flexibility index (Phi) is 6.22. The van der Waals surface area contributed by atoms with Gasteiger partial charge in [0.25, 0.3) is 5.91 Å². The van der Waals surface area contributed by atoms with E-state index in [0.29, 0.717) is 46.0 Å². The molecular weight excluding hydrogens is 478 g/mol. The number of carbonyl (C=O) groups is 1. The maximum Gasteiger partial charge on any atom is 0.290 e. The highest BCUT2D eigenvalue weighted by Crippen LogP contribution is 2.39. The lowest BCUT2D eigenvalue weighted by Gasteiger charge is -2.25. The number of benzene rings is 3. The summed E-state index contributed by atoms with van der Waals surface area (Å²) in [5, 5.41) is 1.07. The molecule has 1 aliphatic heterocycles. The van der Waals surface area contributed by atoms with E-state index >= 15 is 0 Å². The lowest BCUT2D eigenvalue weighted by atomic mass is 9.97. The first-order chi connectivity index (χ1) is 17.3. The number of rotatable bonds is 6. The van der Waals surface area contributed by atoms with Crippen molar-refractivity contribution in [2.24, 2.45) is 0 Å². The summed E-state index contributed by atoms with van der Waals surface area (Å²) in [6.45, 7) is 4.20. The molecule has 5 rings (SSSR count). The molecule has 2 heterocycles. The zero-order valence-electron chi connectivity index (χ0n) is 20.6. The maximum absolute atomic E-state index is 13.8.